The summed E-state index contributed by atoms with van der Waals surface area (Å²) in [4.78, 5) is 27.9. The average molecular weight is 469 g/mol. The molecule has 13 heteroatoms. The Morgan fingerprint density at radius 1 is 1.19 bits per heavy atom. The highest BCUT2D eigenvalue weighted by Crippen LogP contribution is 2.29. The van der Waals surface area contributed by atoms with Gasteiger partial charge in [-0.15, -0.1) is 18.3 Å². The molecule has 3 rings (SSSR count). The summed E-state index contributed by atoms with van der Waals surface area (Å²) in [5.41, 5.74) is 1.95. The molecule has 170 valence electrons. The molecular weight excluding hydrogens is 451 g/mol. The Morgan fingerprint density at radius 3 is 2.44 bits per heavy atom. The van der Waals surface area contributed by atoms with E-state index >= 15 is 0 Å². The molecule has 0 radical (unpaired) electrons. The maximum Gasteiger partial charge on any atom is 0.573 e. The van der Waals surface area contributed by atoms with Crippen LogP contribution in [-0.2, 0) is 4.74 Å². The largest absolute Gasteiger partial charge is 0.573 e. The van der Waals surface area contributed by atoms with Crippen molar-refractivity contribution in [2.24, 2.45) is 0 Å². The lowest BCUT2D eigenvalue weighted by Gasteiger charge is -2.11. The molecule has 0 aliphatic heterocycles. The van der Waals surface area contributed by atoms with E-state index < -0.39 is 17.6 Å². The van der Waals surface area contributed by atoms with Crippen molar-refractivity contribution in [3.63, 3.8) is 0 Å². The summed E-state index contributed by atoms with van der Waals surface area (Å²) in [6.45, 7) is 4.97. The first-order valence-electron chi connectivity index (χ1n) is 9.14. The smallest absolute Gasteiger partial charge is 0.465 e. The predicted molar refractivity (Wildman–Crippen MR) is 107 cm³/mol. The topological polar surface area (TPSA) is 112 Å². The van der Waals surface area contributed by atoms with Crippen LogP contribution in [0.4, 0.5) is 13.2 Å². The summed E-state index contributed by atoms with van der Waals surface area (Å²) in [5, 5.41) is 10.9. The van der Waals surface area contributed by atoms with Gasteiger partial charge in [-0.1, -0.05) is 11.8 Å². The van der Waals surface area contributed by atoms with Crippen LogP contribution < -0.4 is 4.74 Å². The number of nitrogens with zero attached hydrogens (tertiary/aromatic N) is 4. The second-order valence-corrected chi connectivity index (χ2v) is 7.96. The van der Waals surface area contributed by atoms with Gasteiger partial charge in [0.15, 0.2) is 5.78 Å². The lowest BCUT2D eigenvalue weighted by molar-refractivity contribution is -0.274. The molecule has 1 unspecified atom stereocenters. The number of alkyl halides is 3. The number of ketones is 1. The Labute approximate surface area is 184 Å². The second kappa shape index (κ2) is 9.02. The molecule has 0 amide bonds. The van der Waals surface area contributed by atoms with Gasteiger partial charge >= 0.3 is 12.3 Å². The van der Waals surface area contributed by atoms with Crippen molar-refractivity contribution >= 4 is 23.5 Å². The van der Waals surface area contributed by atoms with E-state index in [4.69, 9.17) is 4.74 Å². The molecule has 1 atom stereocenters. The van der Waals surface area contributed by atoms with Gasteiger partial charge in [-0.05, 0) is 61.0 Å². The summed E-state index contributed by atoms with van der Waals surface area (Å²) in [6, 6.07) is 4.98. The third-order valence-electron chi connectivity index (χ3n) is 4.48. The first kappa shape index (κ1) is 23.3. The van der Waals surface area contributed by atoms with Crippen molar-refractivity contribution in [2.45, 2.75) is 37.5 Å². The third-order valence-corrected chi connectivity index (χ3v) is 5.51. The molecule has 2 heterocycles. The summed E-state index contributed by atoms with van der Waals surface area (Å²) >= 11 is 1.06. The molecule has 0 bridgehead atoms. The van der Waals surface area contributed by atoms with Gasteiger partial charge in [0.05, 0.1) is 29.3 Å². The van der Waals surface area contributed by atoms with Gasteiger partial charge in [0, 0.05) is 5.69 Å². The minimum Gasteiger partial charge on any atom is -0.465 e. The number of nitrogens with one attached hydrogen (secondary N) is 1. The molecule has 3 aromatic rings. The van der Waals surface area contributed by atoms with Gasteiger partial charge in [0.1, 0.15) is 5.75 Å². The van der Waals surface area contributed by atoms with E-state index in [1.807, 2.05) is 0 Å². The van der Waals surface area contributed by atoms with E-state index in [9.17, 15) is 22.8 Å². The highest BCUT2D eigenvalue weighted by molar-refractivity contribution is 8.00. The van der Waals surface area contributed by atoms with Crippen molar-refractivity contribution in [3.05, 3.63) is 46.8 Å². The van der Waals surface area contributed by atoms with E-state index in [0.29, 0.717) is 22.5 Å². The minimum absolute atomic E-state index is 0.254. The maximum atomic E-state index is 13.0. The highest BCUT2D eigenvalue weighted by Gasteiger charge is 2.31. The fourth-order valence-electron chi connectivity index (χ4n) is 3.02. The Balaban J connectivity index is 1.79. The van der Waals surface area contributed by atoms with Crippen molar-refractivity contribution in [2.75, 3.05) is 7.11 Å². The van der Waals surface area contributed by atoms with Gasteiger partial charge in [0.25, 0.3) is 0 Å². The lowest BCUT2D eigenvalue weighted by atomic mass is 10.1. The second-order valence-electron chi connectivity index (χ2n) is 6.66. The van der Waals surface area contributed by atoms with Crippen LogP contribution in [0, 0.1) is 13.8 Å². The fraction of sp³-hybridized carbons (Fsp3) is 0.316. The van der Waals surface area contributed by atoms with Crippen LogP contribution in [0.1, 0.15) is 39.0 Å². The zero-order valence-electron chi connectivity index (χ0n) is 17.4. The van der Waals surface area contributed by atoms with Crippen LogP contribution in [0.25, 0.3) is 5.69 Å². The monoisotopic (exact) mass is 469 g/mol. The summed E-state index contributed by atoms with van der Waals surface area (Å²) in [5.74, 6) is -1.21. The van der Waals surface area contributed by atoms with Crippen LogP contribution in [0.5, 0.6) is 5.75 Å². The Bertz CT molecular complexity index is 1140. The van der Waals surface area contributed by atoms with Crippen molar-refractivity contribution in [3.8, 4) is 11.4 Å². The standard InChI is InChI=1S/C19H18F3N5O4S/c1-9-14(17(29)30-4)10(2)23-15(9)16(28)11(3)32-18-24-25-26-27(18)12-5-7-13(8-6-12)31-19(20,21)22/h5-8,11,23H,1-4H3. The first-order valence-corrected chi connectivity index (χ1v) is 10.0. The Kier molecular flexibility index (Phi) is 6.57. The van der Waals surface area contributed by atoms with Crippen molar-refractivity contribution in [1.82, 2.24) is 25.2 Å². The van der Waals surface area contributed by atoms with E-state index in [0.717, 1.165) is 23.9 Å². The number of hydrogen-bond donors (Lipinski definition) is 1. The molecule has 0 aliphatic carbocycles. The predicted octanol–water partition coefficient (Wildman–Crippen LogP) is 3.66. The van der Waals surface area contributed by atoms with Crippen LogP contribution in [0.2, 0.25) is 0 Å². The molecular formula is C19H18F3N5O4S. The van der Waals surface area contributed by atoms with Gasteiger partial charge < -0.3 is 14.5 Å². The van der Waals surface area contributed by atoms with Crippen LogP contribution >= 0.6 is 11.8 Å². The Hall–Kier alpha value is -3.35. The molecule has 0 saturated heterocycles. The van der Waals surface area contributed by atoms with Crippen molar-refractivity contribution < 1.29 is 32.2 Å². The summed E-state index contributed by atoms with van der Waals surface area (Å²) < 4.78 is 46.9. The highest BCUT2D eigenvalue weighted by atomic mass is 32.2. The van der Waals surface area contributed by atoms with Gasteiger partial charge in [0.2, 0.25) is 5.16 Å². The Morgan fingerprint density at radius 2 is 1.84 bits per heavy atom. The number of aryl methyl sites for hydroxylation is 1. The zero-order valence-corrected chi connectivity index (χ0v) is 18.2. The number of carbonyl (C=O) groups is 2. The number of rotatable bonds is 7. The number of aromatic amines is 1. The molecule has 2 aromatic heterocycles. The summed E-state index contributed by atoms with van der Waals surface area (Å²) in [7, 11) is 1.26. The van der Waals surface area contributed by atoms with Gasteiger partial charge in [-0.2, -0.15) is 4.68 Å². The number of benzene rings is 1. The fourth-order valence-corrected chi connectivity index (χ4v) is 3.89. The molecule has 9 nitrogen and oxygen atoms in total. The number of esters is 1. The van der Waals surface area contributed by atoms with E-state index in [-0.39, 0.29) is 22.4 Å². The number of hydrogen-bond acceptors (Lipinski definition) is 8. The van der Waals surface area contributed by atoms with Crippen LogP contribution in [0.15, 0.2) is 29.4 Å². The van der Waals surface area contributed by atoms with E-state index in [2.05, 4.69) is 25.2 Å². The molecule has 1 N–H and O–H groups in total. The quantitative estimate of drug-likeness (QED) is 0.317. The third kappa shape index (κ3) is 4.93. The number of aromatic nitrogens is 5. The molecule has 32 heavy (non-hydrogen) atoms. The number of Topliss-reactive ketones (excluding diaryl/α,β-unsaturated/α-hetero) is 1. The molecule has 0 saturated carbocycles. The minimum atomic E-state index is -4.80. The number of ether oxygens (including phenoxy) is 2. The summed E-state index contributed by atoms with van der Waals surface area (Å²) in [6.07, 6.45) is -4.80. The van der Waals surface area contributed by atoms with Crippen LogP contribution in [0.3, 0.4) is 0 Å². The number of tetrazole rings is 1. The molecule has 0 spiro atoms. The maximum absolute atomic E-state index is 13.0. The molecule has 0 aliphatic rings. The number of thioether (sulfide) groups is 1. The number of carbonyl (C=O) groups excluding carboxylic acids is 2. The van der Waals surface area contributed by atoms with Gasteiger partial charge in [-0.25, -0.2) is 4.79 Å². The number of halogens is 3. The number of methoxy groups -OCH3 is 1. The van der Waals surface area contributed by atoms with E-state index in [1.54, 1.807) is 20.8 Å². The van der Waals surface area contributed by atoms with Crippen LogP contribution in [-0.4, -0.2) is 55.7 Å². The van der Waals surface area contributed by atoms with Gasteiger partial charge in [-0.3, -0.25) is 4.79 Å². The molecule has 1 aromatic carbocycles. The zero-order chi connectivity index (χ0) is 23.6. The normalized spacial score (nSPS) is 12.5. The van der Waals surface area contributed by atoms with Crippen molar-refractivity contribution in [1.29, 1.82) is 0 Å². The number of H-pyrrole nitrogens is 1. The van der Waals surface area contributed by atoms with E-state index in [1.165, 1.54) is 23.9 Å². The average Bonchev–Trinajstić information content (AvgIpc) is 3.30. The SMILES string of the molecule is COC(=O)c1c(C)[nH]c(C(=O)C(C)Sc2nnnn2-c2ccc(OC(F)(F)F)cc2)c1C. The lowest BCUT2D eigenvalue weighted by Crippen LogP contribution is -2.17. The first-order chi connectivity index (χ1) is 15.0. The molecule has 0 fully saturated rings.